The van der Waals surface area contributed by atoms with Crippen molar-refractivity contribution in [1.29, 1.82) is 0 Å². The zero-order chi connectivity index (χ0) is 19.4. The molecule has 0 saturated carbocycles. The van der Waals surface area contributed by atoms with Crippen molar-refractivity contribution in [2.45, 2.75) is 39.4 Å². The second-order valence-corrected chi connectivity index (χ2v) is 7.07. The molecule has 25 heavy (non-hydrogen) atoms. The molecule has 0 aromatic heterocycles. The van der Waals surface area contributed by atoms with Gasteiger partial charge in [-0.2, -0.15) is 0 Å². The zero-order valence-corrected chi connectivity index (χ0v) is 16.2. The minimum Gasteiger partial charge on any atom is -0.487 e. The van der Waals surface area contributed by atoms with Crippen molar-refractivity contribution in [2.75, 3.05) is 12.4 Å². The predicted octanol–water partition coefficient (Wildman–Crippen LogP) is 4.84. The lowest BCUT2D eigenvalue weighted by Crippen LogP contribution is -2.31. The number of amides is 1. The molecule has 0 heterocycles. The lowest BCUT2D eigenvalue weighted by molar-refractivity contribution is -0.148. The number of ether oxygens (including phenoxy) is 3. The number of benzene rings is 1. The van der Waals surface area contributed by atoms with Crippen LogP contribution >= 0.6 is 23.2 Å². The number of nitrogens with one attached hydrogen (secondary N) is 1. The van der Waals surface area contributed by atoms with Crippen LogP contribution in [0.1, 0.15) is 27.7 Å². The molecule has 1 amide bonds. The number of methoxy groups -OCH3 is 1. The zero-order valence-electron chi connectivity index (χ0n) is 14.7. The summed E-state index contributed by atoms with van der Waals surface area (Å²) < 4.78 is 15.3. The number of esters is 1. The number of anilines is 1. The Labute approximate surface area is 157 Å². The van der Waals surface area contributed by atoms with E-state index < -0.39 is 23.8 Å². The van der Waals surface area contributed by atoms with Crippen molar-refractivity contribution in [3.8, 4) is 5.75 Å². The van der Waals surface area contributed by atoms with E-state index in [2.05, 4.69) is 16.6 Å². The van der Waals surface area contributed by atoms with Crippen molar-refractivity contribution in [2.24, 2.45) is 0 Å². The normalized spacial score (nSPS) is 12.1. The number of carbonyl (C=O) groups is 2. The molecule has 0 fully saturated rings. The summed E-state index contributed by atoms with van der Waals surface area (Å²) in [5.41, 5.74) is 0.0483. The molecule has 0 bridgehead atoms. The number of rotatable bonds is 5. The van der Waals surface area contributed by atoms with Crippen LogP contribution in [0.4, 0.5) is 10.5 Å². The Balaban J connectivity index is 2.98. The number of carbonyl (C=O) groups excluding carboxylic acids is 2. The maximum absolute atomic E-state index is 12.1. The fourth-order valence-electron chi connectivity index (χ4n) is 1.74. The average Bonchev–Trinajstić information content (AvgIpc) is 2.47. The molecule has 138 valence electrons. The van der Waals surface area contributed by atoms with E-state index in [1.54, 1.807) is 6.92 Å². The standard InChI is InChI=1S/C17H21Cl2NO5/c1-9(2)14(15(21)23-6)24-16(22)20-12-8-13(25-17(3,4)5)11(19)7-10(12)18/h7-8,14H,1H2,2-6H3,(H,20,22). The van der Waals surface area contributed by atoms with Crippen molar-refractivity contribution in [3.63, 3.8) is 0 Å². The van der Waals surface area contributed by atoms with E-state index in [-0.39, 0.29) is 10.7 Å². The third-order valence-electron chi connectivity index (χ3n) is 2.76. The van der Waals surface area contributed by atoms with Gasteiger partial charge in [0, 0.05) is 6.07 Å². The van der Waals surface area contributed by atoms with Crippen molar-refractivity contribution >= 4 is 41.0 Å². The molecule has 1 aromatic carbocycles. The summed E-state index contributed by atoms with van der Waals surface area (Å²) in [7, 11) is 1.19. The summed E-state index contributed by atoms with van der Waals surface area (Å²) in [6, 6.07) is 2.92. The Morgan fingerprint density at radius 2 is 1.80 bits per heavy atom. The van der Waals surface area contributed by atoms with Crippen LogP contribution in [-0.4, -0.2) is 30.9 Å². The molecule has 0 saturated heterocycles. The Hall–Kier alpha value is -1.92. The van der Waals surface area contributed by atoms with E-state index in [0.717, 1.165) is 0 Å². The first-order chi connectivity index (χ1) is 11.4. The third kappa shape index (κ3) is 6.48. The van der Waals surface area contributed by atoms with Crippen LogP contribution in [0.25, 0.3) is 0 Å². The van der Waals surface area contributed by atoms with E-state index in [4.69, 9.17) is 32.7 Å². The molecule has 0 aliphatic heterocycles. The van der Waals surface area contributed by atoms with Crippen LogP contribution < -0.4 is 10.1 Å². The monoisotopic (exact) mass is 389 g/mol. The molecule has 1 aromatic rings. The molecule has 1 N–H and O–H groups in total. The van der Waals surface area contributed by atoms with Crippen molar-refractivity contribution in [3.05, 3.63) is 34.3 Å². The van der Waals surface area contributed by atoms with Gasteiger partial charge in [0.05, 0.1) is 22.8 Å². The van der Waals surface area contributed by atoms with E-state index in [0.29, 0.717) is 16.3 Å². The van der Waals surface area contributed by atoms with Gasteiger partial charge in [0.25, 0.3) is 0 Å². The Morgan fingerprint density at radius 1 is 1.20 bits per heavy atom. The number of hydrogen-bond acceptors (Lipinski definition) is 5. The highest BCUT2D eigenvalue weighted by atomic mass is 35.5. The quantitative estimate of drug-likeness (QED) is 0.576. The lowest BCUT2D eigenvalue weighted by Gasteiger charge is -2.23. The topological polar surface area (TPSA) is 73.9 Å². The molecule has 1 atom stereocenters. The van der Waals surface area contributed by atoms with Gasteiger partial charge in [0.1, 0.15) is 11.4 Å². The van der Waals surface area contributed by atoms with E-state index in [1.165, 1.54) is 19.2 Å². The van der Waals surface area contributed by atoms with Crippen LogP contribution in [0.15, 0.2) is 24.3 Å². The predicted molar refractivity (Wildman–Crippen MR) is 97.6 cm³/mol. The largest absolute Gasteiger partial charge is 0.487 e. The molecule has 6 nitrogen and oxygen atoms in total. The maximum Gasteiger partial charge on any atom is 0.412 e. The van der Waals surface area contributed by atoms with Gasteiger partial charge in [-0.3, -0.25) is 5.32 Å². The Bertz CT molecular complexity index is 682. The minimum absolute atomic E-state index is 0.188. The number of hydrogen-bond donors (Lipinski definition) is 1. The number of halogens is 2. The molecule has 0 radical (unpaired) electrons. The fourth-order valence-corrected chi connectivity index (χ4v) is 2.21. The summed E-state index contributed by atoms with van der Waals surface area (Å²) in [5.74, 6) is -0.389. The van der Waals surface area contributed by atoms with Gasteiger partial charge < -0.3 is 14.2 Å². The van der Waals surface area contributed by atoms with Crippen LogP contribution in [-0.2, 0) is 14.3 Å². The Morgan fingerprint density at radius 3 is 2.28 bits per heavy atom. The van der Waals surface area contributed by atoms with Gasteiger partial charge in [0.2, 0.25) is 6.10 Å². The fraction of sp³-hybridized carbons (Fsp3) is 0.412. The van der Waals surface area contributed by atoms with Crippen LogP contribution in [0.5, 0.6) is 5.75 Å². The van der Waals surface area contributed by atoms with Crippen LogP contribution in [0, 0.1) is 0 Å². The highest BCUT2D eigenvalue weighted by Gasteiger charge is 2.25. The molecule has 0 aliphatic carbocycles. The lowest BCUT2D eigenvalue weighted by atomic mass is 10.2. The summed E-state index contributed by atoms with van der Waals surface area (Å²) in [6.07, 6.45) is -2.12. The van der Waals surface area contributed by atoms with Crippen molar-refractivity contribution < 1.29 is 23.8 Å². The van der Waals surface area contributed by atoms with Crippen LogP contribution in [0.2, 0.25) is 10.0 Å². The summed E-state index contributed by atoms with van der Waals surface area (Å²) >= 11 is 12.2. The van der Waals surface area contributed by atoms with Gasteiger partial charge in [-0.05, 0) is 39.3 Å². The molecule has 1 unspecified atom stereocenters. The van der Waals surface area contributed by atoms with Gasteiger partial charge >= 0.3 is 12.1 Å². The first-order valence-electron chi connectivity index (χ1n) is 7.33. The van der Waals surface area contributed by atoms with Gasteiger partial charge in [-0.1, -0.05) is 29.8 Å². The molecular formula is C17H21Cl2NO5. The molecule has 8 heteroatoms. The average molecular weight is 390 g/mol. The van der Waals surface area contributed by atoms with Gasteiger partial charge in [-0.25, -0.2) is 9.59 Å². The van der Waals surface area contributed by atoms with Gasteiger partial charge in [0.15, 0.2) is 0 Å². The smallest absolute Gasteiger partial charge is 0.412 e. The highest BCUT2D eigenvalue weighted by molar-refractivity contribution is 6.37. The summed E-state index contributed by atoms with van der Waals surface area (Å²) in [5, 5.41) is 2.93. The summed E-state index contributed by atoms with van der Waals surface area (Å²) in [6.45, 7) is 10.7. The van der Waals surface area contributed by atoms with Crippen molar-refractivity contribution in [1.82, 2.24) is 0 Å². The Kier molecular flexibility index (Phi) is 7.14. The minimum atomic E-state index is -1.22. The molecule has 0 spiro atoms. The SMILES string of the molecule is C=C(C)C(OC(=O)Nc1cc(OC(C)(C)C)c(Cl)cc1Cl)C(=O)OC. The maximum atomic E-state index is 12.1. The second-order valence-electron chi connectivity index (χ2n) is 6.26. The van der Waals surface area contributed by atoms with E-state index >= 15 is 0 Å². The first kappa shape index (κ1) is 21.1. The first-order valence-corrected chi connectivity index (χ1v) is 8.09. The van der Waals surface area contributed by atoms with E-state index in [1.807, 2.05) is 20.8 Å². The van der Waals surface area contributed by atoms with Crippen LogP contribution in [0.3, 0.4) is 0 Å². The molecule has 0 aliphatic rings. The highest BCUT2D eigenvalue weighted by Crippen LogP contribution is 2.36. The molecular weight excluding hydrogens is 369 g/mol. The third-order valence-corrected chi connectivity index (χ3v) is 3.37. The van der Waals surface area contributed by atoms with Gasteiger partial charge in [-0.15, -0.1) is 0 Å². The molecule has 1 rings (SSSR count). The van der Waals surface area contributed by atoms with E-state index in [9.17, 15) is 9.59 Å². The summed E-state index contributed by atoms with van der Waals surface area (Å²) in [4.78, 5) is 23.7. The second kappa shape index (κ2) is 8.45.